The lowest BCUT2D eigenvalue weighted by molar-refractivity contribution is -0.119. The van der Waals surface area contributed by atoms with Crippen LogP contribution in [0.3, 0.4) is 0 Å². The molecule has 0 aliphatic carbocycles. The van der Waals surface area contributed by atoms with E-state index in [1.54, 1.807) is 24.3 Å². The second-order valence-electron chi connectivity index (χ2n) is 7.10. The van der Waals surface area contributed by atoms with E-state index in [1.165, 1.54) is 11.8 Å². The number of carbonyl (C=O) groups is 2. The van der Waals surface area contributed by atoms with Gasteiger partial charge in [0.25, 0.3) is 11.8 Å². The van der Waals surface area contributed by atoms with Crippen molar-refractivity contribution in [2.24, 2.45) is 0 Å². The van der Waals surface area contributed by atoms with E-state index in [2.05, 4.69) is 0 Å². The summed E-state index contributed by atoms with van der Waals surface area (Å²) < 4.78 is 33.6. The van der Waals surface area contributed by atoms with Gasteiger partial charge in [0.1, 0.15) is 17.4 Å². The Balaban J connectivity index is 2.06. The highest BCUT2D eigenvalue weighted by Gasteiger charge is 2.41. The second-order valence-corrected chi connectivity index (χ2v) is 8.69. The predicted molar refractivity (Wildman–Crippen MR) is 111 cm³/mol. The van der Waals surface area contributed by atoms with Crippen molar-refractivity contribution < 1.29 is 23.1 Å². The number of rotatable bonds is 6. The number of ether oxygens (including phenoxy) is 1. The lowest BCUT2D eigenvalue weighted by Crippen LogP contribution is -2.32. The largest absolute Gasteiger partial charge is 0.491 e. The molecule has 0 bridgehead atoms. The van der Waals surface area contributed by atoms with Gasteiger partial charge in [-0.05, 0) is 43.7 Å². The van der Waals surface area contributed by atoms with Gasteiger partial charge in [0, 0.05) is 11.3 Å². The number of imide groups is 1. The Labute approximate surface area is 172 Å². The van der Waals surface area contributed by atoms with Crippen molar-refractivity contribution in [1.29, 1.82) is 0 Å². The molecule has 1 heterocycles. The van der Waals surface area contributed by atoms with Crippen LogP contribution < -0.4 is 9.64 Å². The molecule has 0 unspecified atom stereocenters. The Morgan fingerprint density at radius 1 is 0.931 bits per heavy atom. The molecule has 0 radical (unpaired) electrons. The molecular formula is C22H21F2NO3S. The monoisotopic (exact) mass is 417 g/mol. The van der Waals surface area contributed by atoms with Gasteiger partial charge >= 0.3 is 0 Å². The molecule has 2 aromatic rings. The predicted octanol–water partition coefficient (Wildman–Crippen LogP) is 5.18. The van der Waals surface area contributed by atoms with Crippen LogP contribution >= 0.6 is 11.8 Å². The minimum atomic E-state index is -0.844. The summed E-state index contributed by atoms with van der Waals surface area (Å²) in [7, 11) is 0. The van der Waals surface area contributed by atoms with Gasteiger partial charge in [-0.15, -0.1) is 11.8 Å². The molecule has 2 aromatic carbocycles. The zero-order chi connectivity index (χ0) is 21.3. The normalized spacial score (nSPS) is 14.6. The zero-order valence-corrected chi connectivity index (χ0v) is 17.3. The Kier molecular flexibility index (Phi) is 6.07. The molecule has 7 heteroatoms. The number of benzene rings is 2. The van der Waals surface area contributed by atoms with Crippen molar-refractivity contribution in [3.05, 3.63) is 64.6 Å². The maximum atomic E-state index is 14.3. The Morgan fingerprint density at radius 3 is 2.17 bits per heavy atom. The molecule has 152 valence electrons. The van der Waals surface area contributed by atoms with E-state index in [0.717, 1.165) is 18.2 Å². The number of halogens is 2. The summed E-state index contributed by atoms with van der Waals surface area (Å²) in [6.07, 6.45) is -0.00624. The molecule has 4 nitrogen and oxygen atoms in total. The first-order valence-corrected chi connectivity index (χ1v) is 10.1. The number of amides is 2. The summed E-state index contributed by atoms with van der Waals surface area (Å²) in [5.41, 5.74) is 0.298. The van der Waals surface area contributed by atoms with Crippen molar-refractivity contribution in [1.82, 2.24) is 0 Å². The van der Waals surface area contributed by atoms with Gasteiger partial charge in [0.15, 0.2) is 0 Å². The molecule has 0 spiro atoms. The fraction of sp³-hybridized carbons (Fsp3) is 0.273. The minimum Gasteiger partial charge on any atom is -0.491 e. The maximum Gasteiger partial charge on any atom is 0.272 e. The van der Waals surface area contributed by atoms with E-state index < -0.39 is 29.1 Å². The van der Waals surface area contributed by atoms with Crippen LogP contribution in [0.1, 0.15) is 33.3 Å². The van der Waals surface area contributed by atoms with Crippen molar-refractivity contribution >= 4 is 34.8 Å². The average molecular weight is 417 g/mol. The van der Waals surface area contributed by atoms with E-state index in [4.69, 9.17) is 4.74 Å². The maximum absolute atomic E-state index is 14.3. The van der Waals surface area contributed by atoms with E-state index in [1.807, 2.05) is 27.7 Å². The summed E-state index contributed by atoms with van der Waals surface area (Å²) in [4.78, 5) is 27.1. The van der Waals surface area contributed by atoms with Gasteiger partial charge < -0.3 is 4.74 Å². The topological polar surface area (TPSA) is 46.6 Å². The third kappa shape index (κ3) is 4.34. The number of thioether (sulfide) groups is 1. The summed E-state index contributed by atoms with van der Waals surface area (Å²) in [6, 6.07) is 9.48. The van der Waals surface area contributed by atoms with Crippen LogP contribution in [-0.4, -0.2) is 23.2 Å². The molecule has 0 saturated carbocycles. The van der Waals surface area contributed by atoms with E-state index >= 15 is 0 Å². The van der Waals surface area contributed by atoms with Gasteiger partial charge in [-0.2, -0.15) is 0 Å². The molecule has 0 atom stereocenters. The second kappa shape index (κ2) is 8.37. The fourth-order valence-electron chi connectivity index (χ4n) is 2.96. The van der Waals surface area contributed by atoms with Crippen LogP contribution in [0, 0.1) is 11.6 Å². The standard InChI is InChI=1S/C22H21F2NO3S/c1-12(2)28-16-8-5-14(6-9-16)19-20(29-13(3)4)22(27)25(21(19)26)18-11-15(23)7-10-17(18)24/h5-13H,1-4H3. The molecule has 1 aliphatic heterocycles. The molecule has 2 amide bonds. The fourth-order valence-corrected chi connectivity index (χ4v) is 3.94. The highest BCUT2D eigenvalue weighted by Crippen LogP contribution is 2.40. The first-order chi connectivity index (χ1) is 13.7. The number of hydrogen-bond donors (Lipinski definition) is 0. The number of hydrogen-bond acceptors (Lipinski definition) is 4. The molecule has 29 heavy (non-hydrogen) atoms. The summed E-state index contributed by atoms with van der Waals surface area (Å²) >= 11 is 1.22. The molecule has 0 fully saturated rings. The van der Waals surface area contributed by atoms with E-state index in [9.17, 15) is 18.4 Å². The number of nitrogens with zero attached hydrogens (tertiary/aromatic N) is 1. The van der Waals surface area contributed by atoms with Crippen LogP contribution in [0.25, 0.3) is 5.57 Å². The van der Waals surface area contributed by atoms with Crippen molar-refractivity contribution in [2.75, 3.05) is 4.90 Å². The van der Waals surface area contributed by atoms with Crippen LogP contribution in [0.15, 0.2) is 47.4 Å². The lowest BCUT2D eigenvalue weighted by Gasteiger charge is -2.16. The summed E-state index contributed by atoms with van der Waals surface area (Å²) in [5, 5.41) is 0.0117. The Bertz CT molecular complexity index is 984. The van der Waals surface area contributed by atoms with Gasteiger partial charge in [-0.25, -0.2) is 13.7 Å². The average Bonchev–Trinajstić information content (AvgIpc) is 2.87. The number of anilines is 1. The summed E-state index contributed by atoms with van der Waals surface area (Å²) in [6.45, 7) is 7.58. The molecule has 1 aliphatic rings. The van der Waals surface area contributed by atoms with Crippen molar-refractivity contribution in [3.63, 3.8) is 0 Å². The Morgan fingerprint density at radius 2 is 1.59 bits per heavy atom. The molecular weight excluding hydrogens is 396 g/mol. The SMILES string of the molecule is CC(C)Oc1ccc(C2=C(SC(C)C)C(=O)N(c3cc(F)ccc3F)C2=O)cc1. The molecule has 0 aromatic heterocycles. The van der Waals surface area contributed by atoms with Gasteiger partial charge in [0.05, 0.1) is 22.3 Å². The first-order valence-electron chi connectivity index (χ1n) is 9.21. The molecule has 0 saturated heterocycles. The highest BCUT2D eigenvalue weighted by atomic mass is 32.2. The van der Waals surface area contributed by atoms with Crippen molar-refractivity contribution in [3.8, 4) is 5.75 Å². The highest BCUT2D eigenvalue weighted by molar-refractivity contribution is 8.04. The molecule has 3 rings (SSSR count). The first kappa shape index (κ1) is 21.0. The lowest BCUT2D eigenvalue weighted by atomic mass is 10.1. The van der Waals surface area contributed by atoms with Gasteiger partial charge in [-0.1, -0.05) is 26.0 Å². The van der Waals surface area contributed by atoms with Crippen molar-refractivity contribution in [2.45, 2.75) is 39.0 Å². The third-order valence-electron chi connectivity index (χ3n) is 4.06. The van der Waals surface area contributed by atoms with Gasteiger partial charge in [0.2, 0.25) is 0 Å². The minimum absolute atomic E-state index is 0.00624. The van der Waals surface area contributed by atoms with Crippen LogP contribution in [-0.2, 0) is 9.59 Å². The van der Waals surface area contributed by atoms with E-state index in [0.29, 0.717) is 16.2 Å². The Hall–Kier alpha value is -2.67. The van der Waals surface area contributed by atoms with Crippen LogP contribution in [0.2, 0.25) is 0 Å². The quantitative estimate of drug-likeness (QED) is 0.608. The molecule has 0 N–H and O–H groups in total. The zero-order valence-electron chi connectivity index (χ0n) is 16.5. The summed E-state index contributed by atoms with van der Waals surface area (Å²) in [5.74, 6) is -2.28. The van der Waals surface area contributed by atoms with Gasteiger partial charge in [-0.3, -0.25) is 9.59 Å². The third-order valence-corrected chi connectivity index (χ3v) is 5.14. The van der Waals surface area contributed by atoms with E-state index in [-0.39, 0.29) is 21.8 Å². The van der Waals surface area contributed by atoms with Crippen LogP contribution in [0.4, 0.5) is 14.5 Å². The van der Waals surface area contributed by atoms with Crippen LogP contribution in [0.5, 0.6) is 5.75 Å². The smallest absolute Gasteiger partial charge is 0.272 e. The number of carbonyl (C=O) groups excluding carboxylic acids is 2.